The van der Waals surface area contributed by atoms with E-state index in [0.29, 0.717) is 0 Å². The topological polar surface area (TPSA) is 59.6 Å². The van der Waals surface area contributed by atoms with Crippen LogP contribution in [0.5, 0.6) is 0 Å². The van der Waals surface area contributed by atoms with Gasteiger partial charge in [0.25, 0.3) is 0 Å². The molecule has 0 saturated carbocycles. The summed E-state index contributed by atoms with van der Waals surface area (Å²) in [4.78, 5) is 0. The van der Waals surface area contributed by atoms with E-state index in [0.717, 1.165) is 12.5 Å². The second kappa shape index (κ2) is 5.28. The second-order valence-corrected chi connectivity index (χ2v) is 3.10. The van der Waals surface area contributed by atoms with E-state index in [1.807, 2.05) is 0 Å². The molecule has 3 nitrogen and oxygen atoms in total. The van der Waals surface area contributed by atoms with Crippen LogP contribution in [0.2, 0.25) is 0 Å². The molecule has 2 rings (SSSR count). The van der Waals surface area contributed by atoms with E-state index in [1.54, 1.807) is 0 Å². The molecule has 0 spiro atoms. The largest absolute Gasteiger partial charge is 0.316 e. The minimum Gasteiger partial charge on any atom is -0.316 e. The lowest BCUT2D eigenvalue weighted by atomic mass is 9.99. The van der Waals surface area contributed by atoms with Crippen molar-refractivity contribution >= 4 is 0 Å². The number of hydrogen-bond donors (Lipinski definition) is 2. The molecule has 1 heterocycles. The molecule has 0 bridgehead atoms. The normalized spacial score (nSPS) is 20.3. The van der Waals surface area contributed by atoms with Gasteiger partial charge in [0.2, 0.25) is 5.39 Å². The Hall–Kier alpha value is -1.40. The highest BCUT2D eigenvalue weighted by Gasteiger charge is 2.15. The number of rotatable bonds is 1. The monoisotopic (exact) mass is 176 g/mol. The van der Waals surface area contributed by atoms with Gasteiger partial charge in [0.1, 0.15) is 0 Å². The van der Waals surface area contributed by atoms with Crippen LogP contribution in [0.25, 0.3) is 0 Å². The number of hydrogen-bond acceptors (Lipinski definition) is 2. The molecule has 1 atom stereocenters. The van der Waals surface area contributed by atoms with Gasteiger partial charge in [-0.3, -0.25) is 0 Å². The maximum Gasteiger partial charge on any atom is 0.212 e. The lowest BCUT2D eigenvalue weighted by Gasteiger charge is -2.06. The smallest absolute Gasteiger partial charge is 0.212 e. The van der Waals surface area contributed by atoms with Crippen LogP contribution < -0.4 is 10.7 Å². The summed E-state index contributed by atoms with van der Waals surface area (Å²) >= 11 is 0. The molecular formula is C10H14N3+. The molecule has 0 aromatic heterocycles. The molecule has 0 radical (unpaired) electrons. The van der Waals surface area contributed by atoms with Crippen LogP contribution in [0.1, 0.15) is 17.9 Å². The third-order valence-electron chi connectivity index (χ3n) is 2.33. The van der Waals surface area contributed by atoms with Gasteiger partial charge in [-0.2, -0.15) is 0 Å². The van der Waals surface area contributed by atoms with Crippen LogP contribution in [-0.2, 0) is 0 Å². The third-order valence-corrected chi connectivity index (χ3v) is 2.33. The summed E-state index contributed by atoms with van der Waals surface area (Å²) in [5.41, 5.74) is 1.48. The number of nitrogens with one attached hydrogen (secondary N) is 2. The highest BCUT2D eigenvalue weighted by atomic mass is 14.9. The Morgan fingerprint density at radius 1 is 1.23 bits per heavy atom. The highest BCUT2D eigenvalue weighted by Crippen LogP contribution is 2.21. The standard InChI is InChI=1S/C10H13N.N2/c1-2-4-9(5-3-1)10-6-7-11-8-10;1-2/h1-5,10-11H,6-8H2;/p+1. The van der Waals surface area contributed by atoms with Gasteiger partial charge < -0.3 is 5.32 Å². The van der Waals surface area contributed by atoms with Crippen LogP contribution in [0.15, 0.2) is 30.3 Å². The van der Waals surface area contributed by atoms with Crippen molar-refractivity contribution in [3.8, 4) is 0 Å². The van der Waals surface area contributed by atoms with Crippen molar-refractivity contribution in [1.82, 2.24) is 5.32 Å². The molecular weight excluding hydrogens is 162 g/mol. The van der Waals surface area contributed by atoms with Crippen LogP contribution in [0, 0.1) is 5.39 Å². The van der Waals surface area contributed by atoms with Gasteiger partial charge in [-0.25, -0.2) is 0 Å². The average molecular weight is 176 g/mol. The summed E-state index contributed by atoms with van der Waals surface area (Å²) in [6.45, 7) is 2.34. The molecule has 1 aromatic carbocycles. The van der Waals surface area contributed by atoms with Crippen molar-refractivity contribution in [2.24, 2.45) is 0 Å². The Bertz CT molecular complexity index is 249. The fourth-order valence-corrected chi connectivity index (χ4v) is 1.66. The Balaban J connectivity index is 0.000000396. The maximum atomic E-state index is 6.25. The summed E-state index contributed by atoms with van der Waals surface area (Å²) in [7, 11) is 0. The molecule has 68 valence electrons. The zero-order valence-corrected chi connectivity index (χ0v) is 7.53. The lowest BCUT2D eigenvalue weighted by Crippen LogP contribution is -2.11. The Morgan fingerprint density at radius 3 is 2.46 bits per heavy atom. The molecule has 13 heavy (non-hydrogen) atoms. The average Bonchev–Trinajstić information content (AvgIpc) is 2.75. The predicted molar refractivity (Wildman–Crippen MR) is 49.4 cm³/mol. The molecule has 0 aliphatic carbocycles. The first-order chi connectivity index (χ1) is 6.47. The summed E-state index contributed by atoms with van der Waals surface area (Å²) < 4.78 is 0. The quantitative estimate of drug-likeness (QED) is 0.594. The highest BCUT2D eigenvalue weighted by molar-refractivity contribution is 5.20. The van der Waals surface area contributed by atoms with Crippen LogP contribution >= 0.6 is 0 Å². The first-order valence-electron chi connectivity index (χ1n) is 4.45. The van der Waals surface area contributed by atoms with E-state index in [1.165, 1.54) is 18.5 Å². The van der Waals surface area contributed by atoms with E-state index in [4.69, 9.17) is 10.8 Å². The molecule has 3 heteroatoms. The van der Waals surface area contributed by atoms with Crippen LogP contribution in [-0.4, -0.2) is 13.1 Å². The van der Waals surface area contributed by atoms with Crippen molar-refractivity contribution in [2.75, 3.05) is 13.1 Å². The van der Waals surface area contributed by atoms with Crippen molar-refractivity contribution in [3.05, 3.63) is 35.9 Å². The van der Waals surface area contributed by atoms with Crippen molar-refractivity contribution in [2.45, 2.75) is 12.3 Å². The summed E-state index contributed by atoms with van der Waals surface area (Å²) in [5, 5.41) is 14.4. The van der Waals surface area contributed by atoms with E-state index >= 15 is 0 Å². The fraction of sp³-hybridized carbons (Fsp3) is 0.400. The van der Waals surface area contributed by atoms with Crippen LogP contribution in [0.3, 0.4) is 0 Å². The van der Waals surface area contributed by atoms with E-state index in [2.05, 4.69) is 35.6 Å². The van der Waals surface area contributed by atoms with Gasteiger partial charge in [0.15, 0.2) is 0 Å². The van der Waals surface area contributed by atoms with Crippen molar-refractivity contribution in [1.29, 1.82) is 5.39 Å². The fourth-order valence-electron chi connectivity index (χ4n) is 1.66. The van der Waals surface area contributed by atoms with Gasteiger partial charge in [0, 0.05) is 6.54 Å². The van der Waals surface area contributed by atoms with Gasteiger partial charge in [-0.05, 0) is 24.4 Å². The molecule has 1 saturated heterocycles. The Kier molecular flexibility index (Phi) is 3.94. The zero-order chi connectivity index (χ0) is 9.52. The number of nitrogens with zero attached hydrogens (tertiary/aromatic N) is 1. The third kappa shape index (κ3) is 2.53. The van der Waals surface area contributed by atoms with E-state index in [-0.39, 0.29) is 0 Å². The predicted octanol–water partition coefficient (Wildman–Crippen LogP) is 0.0428. The molecule has 1 aromatic rings. The lowest BCUT2D eigenvalue weighted by molar-refractivity contribution is -0.175. The minimum atomic E-state index is 0.760. The summed E-state index contributed by atoms with van der Waals surface area (Å²) in [5.74, 6) is 0.760. The van der Waals surface area contributed by atoms with Crippen molar-refractivity contribution in [3.63, 3.8) is 0 Å². The maximum absolute atomic E-state index is 6.25. The Labute approximate surface area is 78.2 Å². The van der Waals surface area contributed by atoms with E-state index in [9.17, 15) is 0 Å². The number of benzene rings is 1. The van der Waals surface area contributed by atoms with Crippen LogP contribution in [0.4, 0.5) is 0 Å². The molecule has 0 amide bonds. The Morgan fingerprint density at radius 2 is 1.92 bits per heavy atom. The first kappa shape index (κ1) is 9.69. The molecule has 1 fully saturated rings. The van der Waals surface area contributed by atoms with Crippen molar-refractivity contribution < 1.29 is 5.39 Å². The first-order valence-corrected chi connectivity index (χ1v) is 4.45. The zero-order valence-electron chi connectivity index (χ0n) is 7.53. The molecule has 2 N–H and O–H groups in total. The molecule has 1 aliphatic rings. The second-order valence-electron chi connectivity index (χ2n) is 3.10. The summed E-state index contributed by atoms with van der Waals surface area (Å²) in [6, 6.07) is 10.8. The minimum absolute atomic E-state index is 0.760. The van der Waals surface area contributed by atoms with Gasteiger partial charge in [0.05, 0.1) is 5.39 Å². The SMILES string of the molecule is N#[NH+].c1ccc(C2CCNC2)cc1. The summed E-state index contributed by atoms with van der Waals surface area (Å²) in [6.07, 6.45) is 1.30. The van der Waals surface area contributed by atoms with Gasteiger partial charge in [-0.1, -0.05) is 30.3 Å². The molecule has 1 unspecified atom stereocenters. The van der Waals surface area contributed by atoms with Gasteiger partial charge >= 0.3 is 0 Å². The van der Waals surface area contributed by atoms with E-state index < -0.39 is 0 Å². The number of diazo groups is 1. The van der Waals surface area contributed by atoms with Gasteiger partial charge in [-0.15, -0.1) is 0 Å². The molecule has 1 aliphatic heterocycles.